The molecule has 0 aromatic carbocycles. The number of hydrogen-bond donors (Lipinski definition) is 1. The Bertz CT molecular complexity index is 461. The zero-order valence-electron chi connectivity index (χ0n) is 9.33. The van der Waals surface area contributed by atoms with Gasteiger partial charge in [0, 0.05) is 6.20 Å². The van der Waals surface area contributed by atoms with E-state index >= 15 is 0 Å². The molecular weight excluding hydrogens is 204 g/mol. The highest BCUT2D eigenvalue weighted by atomic mass is 16.3. The Balaban J connectivity index is 2.28. The van der Waals surface area contributed by atoms with Gasteiger partial charge >= 0.3 is 0 Å². The van der Waals surface area contributed by atoms with Crippen molar-refractivity contribution in [3.05, 3.63) is 36.0 Å². The number of nitrogens with zero attached hydrogens (tertiary/aromatic N) is 4. The number of aliphatic hydroxyl groups is 1. The van der Waals surface area contributed by atoms with Crippen LogP contribution < -0.4 is 0 Å². The Labute approximate surface area is 93.8 Å². The lowest BCUT2D eigenvalue weighted by atomic mass is 10.1. The van der Waals surface area contributed by atoms with E-state index in [0.717, 1.165) is 5.69 Å². The summed E-state index contributed by atoms with van der Waals surface area (Å²) in [6, 6.07) is 1.96. The van der Waals surface area contributed by atoms with Crippen LogP contribution in [0.2, 0.25) is 0 Å². The normalized spacial score (nSPS) is 11.0. The summed E-state index contributed by atoms with van der Waals surface area (Å²) in [6.07, 6.45) is 5.01. The van der Waals surface area contributed by atoms with Crippen LogP contribution in [0, 0.1) is 0 Å². The molecule has 2 aromatic heterocycles. The lowest BCUT2D eigenvalue weighted by molar-refractivity contribution is 0.276. The van der Waals surface area contributed by atoms with E-state index in [-0.39, 0.29) is 6.61 Å². The van der Waals surface area contributed by atoms with Crippen molar-refractivity contribution < 1.29 is 5.11 Å². The predicted octanol–water partition coefficient (Wildman–Crippen LogP) is 1.28. The van der Waals surface area contributed by atoms with Crippen molar-refractivity contribution in [2.24, 2.45) is 0 Å². The van der Waals surface area contributed by atoms with Crippen LogP contribution >= 0.6 is 0 Å². The zero-order valence-corrected chi connectivity index (χ0v) is 9.33. The molecule has 2 rings (SSSR count). The molecule has 0 spiro atoms. The summed E-state index contributed by atoms with van der Waals surface area (Å²) in [5.41, 5.74) is 1.58. The highest BCUT2D eigenvalue weighted by molar-refractivity contribution is 5.19. The van der Waals surface area contributed by atoms with E-state index in [0.29, 0.717) is 17.4 Å². The average Bonchev–Trinajstić information content (AvgIpc) is 2.78. The van der Waals surface area contributed by atoms with Crippen LogP contribution in [-0.4, -0.2) is 24.9 Å². The van der Waals surface area contributed by atoms with Crippen LogP contribution in [0.15, 0.2) is 24.7 Å². The molecule has 0 radical (unpaired) electrons. The Morgan fingerprint density at radius 1 is 1.31 bits per heavy atom. The number of hydrogen-bond acceptors (Lipinski definition) is 4. The van der Waals surface area contributed by atoms with Crippen molar-refractivity contribution in [3.63, 3.8) is 0 Å². The Hall–Kier alpha value is -1.75. The lowest BCUT2D eigenvalue weighted by Crippen LogP contribution is -2.02. The van der Waals surface area contributed by atoms with Crippen molar-refractivity contribution in [1.29, 1.82) is 0 Å². The lowest BCUT2D eigenvalue weighted by Gasteiger charge is -2.01. The van der Waals surface area contributed by atoms with Gasteiger partial charge in [-0.25, -0.2) is 9.67 Å². The van der Waals surface area contributed by atoms with E-state index in [1.807, 2.05) is 12.3 Å². The second-order valence-corrected chi connectivity index (χ2v) is 3.86. The molecule has 0 aliphatic rings. The second kappa shape index (κ2) is 4.40. The fourth-order valence-corrected chi connectivity index (χ4v) is 1.32. The smallest absolute Gasteiger partial charge is 0.171 e. The molecule has 5 heteroatoms. The van der Waals surface area contributed by atoms with Crippen LogP contribution in [0.25, 0.3) is 5.82 Å². The predicted molar refractivity (Wildman–Crippen MR) is 59.2 cm³/mol. The van der Waals surface area contributed by atoms with Crippen molar-refractivity contribution in [1.82, 2.24) is 19.7 Å². The fourth-order valence-electron chi connectivity index (χ4n) is 1.32. The van der Waals surface area contributed by atoms with Gasteiger partial charge in [0.2, 0.25) is 0 Å². The molecule has 0 saturated carbocycles. The van der Waals surface area contributed by atoms with Gasteiger partial charge in [-0.15, -0.1) is 0 Å². The number of rotatable bonds is 3. The minimum atomic E-state index is -0.0936. The van der Waals surface area contributed by atoms with Crippen LogP contribution in [0.5, 0.6) is 0 Å². The standard InChI is InChI=1S/C11H14N4O/c1-8(2)10-3-4-15(14-10)11-6-12-9(7-16)5-13-11/h3-6,8,16H,7H2,1-2H3. The van der Waals surface area contributed by atoms with Gasteiger partial charge in [-0.3, -0.25) is 4.98 Å². The highest BCUT2D eigenvalue weighted by Crippen LogP contribution is 2.12. The van der Waals surface area contributed by atoms with Crippen LogP contribution in [0.3, 0.4) is 0 Å². The van der Waals surface area contributed by atoms with E-state index < -0.39 is 0 Å². The second-order valence-electron chi connectivity index (χ2n) is 3.86. The van der Waals surface area contributed by atoms with Gasteiger partial charge in [-0.05, 0) is 12.0 Å². The minimum Gasteiger partial charge on any atom is -0.390 e. The maximum absolute atomic E-state index is 8.85. The summed E-state index contributed by atoms with van der Waals surface area (Å²) in [5, 5.41) is 13.2. The summed E-state index contributed by atoms with van der Waals surface area (Å²) in [7, 11) is 0. The SMILES string of the molecule is CC(C)c1ccn(-c2cnc(CO)cn2)n1. The van der Waals surface area contributed by atoms with E-state index in [2.05, 4.69) is 28.9 Å². The molecule has 2 aromatic rings. The number of aliphatic hydroxyl groups excluding tert-OH is 1. The monoisotopic (exact) mass is 218 g/mol. The van der Waals surface area contributed by atoms with Crippen LogP contribution in [0.1, 0.15) is 31.2 Å². The summed E-state index contributed by atoms with van der Waals surface area (Å²) in [4.78, 5) is 8.22. The number of aromatic nitrogens is 4. The molecular formula is C11H14N4O. The quantitative estimate of drug-likeness (QED) is 0.842. The Morgan fingerprint density at radius 3 is 2.62 bits per heavy atom. The fraction of sp³-hybridized carbons (Fsp3) is 0.364. The molecule has 0 fully saturated rings. The molecule has 0 atom stereocenters. The summed E-state index contributed by atoms with van der Waals surface area (Å²) in [5.74, 6) is 1.05. The van der Waals surface area contributed by atoms with E-state index in [1.165, 1.54) is 0 Å². The Kier molecular flexibility index (Phi) is 2.96. The van der Waals surface area contributed by atoms with Crippen LogP contribution in [-0.2, 0) is 6.61 Å². The van der Waals surface area contributed by atoms with Crippen molar-refractivity contribution in [2.75, 3.05) is 0 Å². The molecule has 0 amide bonds. The average molecular weight is 218 g/mol. The first-order valence-electron chi connectivity index (χ1n) is 5.18. The molecule has 84 valence electrons. The van der Waals surface area contributed by atoms with Gasteiger partial charge in [0.1, 0.15) is 0 Å². The van der Waals surface area contributed by atoms with Gasteiger partial charge < -0.3 is 5.11 Å². The minimum absolute atomic E-state index is 0.0936. The molecule has 0 aliphatic heterocycles. The maximum atomic E-state index is 8.85. The van der Waals surface area contributed by atoms with E-state index in [4.69, 9.17) is 5.11 Å². The van der Waals surface area contributed by atoms with Gasteiger partial charge in [-0.2, -0.15) is 5.10 Å². The molecule has 0 aliphatic carbocycles. The largest absolute Gasteiger partial charge is 0.390 e. The zero-order chi connectivity index (χ0) is 11.5. The molecule has 1 N–H and O–H groups in total. The van der Waals surface area contributed by atoms with Crippen LogP contribution in [0.4, 0.5) is 0 Å². The van der Waals surface area contributed by atoms with Crippen molar-refractivity contribution in [2.45, 2.75) is 26.4 Å². The van der Waals surface area contributed by atoms with Crippen molar-refractivity contribution in [3.8, 4) is 5.82 Å². The Morgan fingerprint density at radius 2 is 2.12 bits per heavy atom. The van der Waals surface area contributed by atoms with E-state index in [9.17, 15) is 0 Å². The maximum Gasteiger partial charge on any atom is 0.171 e. The molecule has 2 heterocycles. The van der Waals surface area contributed by atoms with Gasteiger partial charge in [0.05, 0.1) is 30.4 Å². The summed E-state index contributed by atoms with van der Waals surface area (Å²) < 4.78 is 1.68. The molecule has 0 unspecified atom stereocenters. The van der Waals surface area contributed by atoms with Gasteiger partial charge in [-0.1, -0.05) is 13.8 Å². The first-order valence-corrected chi connectivity index (χ1v) is 5.18. The first-order chi connectivity index (χ1) is 7.70. The third-order valence-electron chi connectivity index (χ3n) is 2.29. The third-order valence-corrected chi connectivity index (χ3v) is 2.29. The first kappa shape index (κ1) is 10.8. The van der Waals surface area contributed by atoms with Gasteiger partial charge in [0.15, 0.2) is 5.82 Å². The third kappa shape index (κ3) is 2.09. The summed E-state index contributed by atoms with van der Waals surface area (Å²) in [6.45, 7) is 4.09. The highest BCUT2D eigenvalue weighted by Gasteiger charge is 2.05. The molecule has 5 nitrogen and oxygen atoms in total. The molecule has 16 heavy (non-hydrogen) atoms. The summed E-state index contributed by atoms with van der Waals surface area (Å²) >= 11 is 0. The topological polar surface area (TPSA) is 63.8 Å². The van der Waals surface area contributed by atoms with E-state index in [1.54, 1.807) is 17.1 Å². The molecule has 0 bridgehead atoms. The van der Waals surface area contributed by atoms with Gasteiger partial charge in [0.25, 0.3) is 0 Å². The molecule has 0 saturated heterocycles. The van der Waals surface area contributed by atoms with Crippen molar-refractivity contribution >= 4 is 0 Å².